The number of carbonyl (C=O) groups is 2. The molecule has 1 aliphatic carbocycles. The standard InChI is InChI=1S/C18H21NO4/c1-11-8-15(22-2)16(23-3)9-12(11)10-19-17(20)13-6-4-5-7-14(13)18(19)21/h4-5,8-9,13-14H,6-7,10H2,1-3H3. The zero-order valence-electron chi connectivity index (χ0n) is 13.7. The van der Waals surface area contributed by atoms with Crippen LogP contribution in [-0.2, 0) is 16.1 Å². The van der Waals surface area contributed by atoms with Crippen LogP contribution in [0.15, 0.2) is 24.3 Å². The zero-order valence-corrected chi connectivity index (χ0v) is 13.7. The van der Waals surface area contributed by atoms with E-state index in [0.717, 1.165) is 11.1 Å². The lowest BCUT2D eigenvalue weighted by molar-refractivity contribution is -0.140. The van der Waals surface area contributed by atoms with Gasteiger partial charge in [0, 0.05) is 0 Å². The Labute approximate surface area is 135 Å². The summed E-state index contributed by atoms with van der Waals surface area (Å²) >= 11 is 0. The fourth-order valence-electron chi connectivity index (χ4n) is 3.39. The number of aryl methyl sites for hydroxylation is 1. The molecule has 5 heteroatoms. The van der Waals surface area contributed by atoms with Crippen molar-refractivity contribution in [3.8, 4) is 11.5 Å². The number of benzene rings is 1. The lowest BCUT2D eigenvalue weighted by atomic mass is 9.85. The Morgan fingerprint density at radius 1 is 1.00 bits per heavy atom. The molecule has 0 saturated carbocycles. The van der Waals surface area contributed by atoms with Crippen molar-refractivity contribution in [2.45, 2.75) is 26.3 Å². The number of carbonyl (C=O) groups excluding carboxylic acids is 2. The lowest BCUT2D eigenvalue weighted by Crippen LogP contribution is -2.30. The maximum atomic E-state index is 12.6. The van der Waals surface area contributed by atoms with E-state index in [2.05, 4.69) is 0 Å². The topological polar surface area (TPSA) is 55.8 Å². The van der Waals surface area contributed by atoms with Crippen molar-refractivity contribution in [3.05, 3.63) is 35.4 Å². The first kappa shape index (κ1) is 15.6. The summed E-state index contributed by atoms with van der Waals surface area (Å²) < 4.78 is 10.6. The first-order chi connectivity index (χ1) is 11.1. The monoisotopic (exact) mass is 315 g/mol. The van der Waals surface area contributed by atoms with E-state index in [-0.39, 0.29) is 30.2 Å². The molecule has 2 amide bonds. The van der Waals surface area contributed by atoms with E-state index in [4.69, 9.17) is 9.47 Å². The van der Waals surface area contributed by atoms with Gasteiger partial charge in [0.25, 0.3) is 0 Å². The molecule has 2 aliphatic rings. The minimum Gasteiger partial charge on any atom is -0.493 e. The summed E-state index contributed by atoms with van der Waals surface area (Å²) in [6.45, 7) is 2.23. The van der Waals surface area contributed by atoms with Gasteiger partial charge in [-0.2, -0.15) is 0 Å². The Balaban J connectivity index is 1.87. The predicted octanol–water partition coefficient (Wildman–Crippen LogP) is 2.46. The van der Waals surface area contributed by atoms with E-state index in [0.29, 0.717) is 24.3 Å². The second-order valence-corrected chi connectivity index (χ2v) is 6.05. The van der Waals surface area contributed by atoms with Crippen molar-refractivity contribution in [1.82, 2.24) is 4.90 Å². The number of rotatable bonds is 4. The van der Waals surface area contributed by atoms with E-state index < -0.39 is 0 Å². The van der Waals surface area contributed by atoms with Gasteiger partial charge in [-0.3, -0.25) is 14.5 Å². The lowest BCUT2D eigenvalue weighted by Gasteiger charge is -2.18. The highest BCUT2D eigenvalue weighted by molar-refractivity contribution is 6.05. The maximum Gasteiger partial charge on any atom is 0.233 e. The molecule has 23 heavy (non-hydrogen) atoms. The van der Waals surface area contributed by atoms with Gasteiger partial charge in [0.15, 0.2) is 11.5 Å². The number of imide groups is 1. The molecule has 0 spiro atoms. The first-order valence-electron chi connectivity index (χ1n) is 7.78. The molecule has 1 fully saturated rings. The highest BCUT2D eigenvalue weighted by Crippen LogP contribution is 2.37. The summed E-state index contributed by atoms with van der Waals surface area (Å²) in [5, 5.41) is 0. The van der Waals surface area contributed by atoms with Gasteiger partial charge in [-0.25, -0.2) is 0 Å². The summed E-state index contributed by atoms with van der Waals surface area (Å²) in [4.78, 5) is 26.5. The molecule has 5 nitrogen and oxygen atoms in total. The SMILES string of the molecule is COc1cc(C)c(CN2C(=O)C3CC=CCC3C2=O)cc1OC. The van der Waals surface area contributed by atoms with E-state index >= 15 is 0 Å². The van der Waals surface area contributed by atoms with Gasteiger partial charge in [-0.1, -0.05) is 12.2 Å². The molecule has 1 saturated heterocycles. The Kier molecular flexibility index (Phi) is 4.11. The van der Waals surface area contributed by atoms with Crippen LogP contribution in [-0.4, -0.2) is 30.9 Å². The number of hydrogen-bond acceptors (Lipinski definition) is 4. The van der Waals surface area contributed by atoms with Crippen molar-refractivity contribution in [2.75, 3.05) is 14.2 Å². The molecule has 2 unspecified atom stereocenters. The molecular weight excluding hydrogens is 294 g/mol. The minimum atomic E-state index is -0.187. The molecule has 1 aromatic rings. The van der Waals surface area contributed by atoms with E-state index in [1.807, 2.05) is 31.2 Å². The molecule has 2 atom stereocenters. The first-order valence-corrected chi connectivity index (χ1v) is 7.78. The molecule has 3 rings (SSSR count). The molecular formula is C18H21NO4. The van der Waals surface area contributed by atoms with Gasteiger partial charge in [-0.05, 0) is 43.0 Å². The summed E-state index contributed by atoms with van der Waals surface area (Å²) in [6, 6.07) is 3.71. The van der Waals surface area contributed by atoms with Gasteiger partial charge in [0.2, 0.25) is 11.8 Å². The molecule has 1 aromatic carbocycles. The molecule has 0 N–H and O–H groups in total. The minimum absolute atomic E-state index is 0.0569. The van der Waals surface area contributed by atoms with Crippen LogP contribution in [0.4, 0.5) is 0 Å². The summed E-state index contributed by atoms with van der Waals surface area (Å²) in [7, 11) is 3.16. The van der Waals surface area contributed by atoms with Gasteiger partial charge < -0.3 is 9.47 Å². The van der Waals surface area contributed by atoms with Crippen molar-refractivity contribution >= 4 is 11.8 Å². The maximum absolute atomic E-state index is 12.6. The zero-order chi connectivity index (χ0) is 16.6. The van der Waals surface area contributed by atoms with Crippen molar-refractivity contribution in [2.24, 2.45) is 11.8 Å². The molecule has 0 aromatic heterocycles. The number of hydrogen-bond donors (Lipinski definition) is 0. The van der Waals surface area contributed by atoms with Crippen LogP contribution in [0.1, 0.15) is 24.0 Å². The highest BCUT2D eigenvalue weighted by Gasteiger charge is 2.47. The largest absolute Gasteiger partial charge is 0.493 e. The molecule has 0 bridgehead atoms. The van der Waals surface area contributed by atoms with Gasteiger partial charge >= 0.3 is 0 Å². The Morgan fingerprint density at radius 2 is 1.52 bits per heavy atom. The summed E-state index contributed by atoms with van der Waals surface area (Å²) in [5.41, 5.74) is 1.87. The number of allylic oxidation sites excluding steroid dienone is 2. The van der Waals surface area contributed by atoms with E-state index in [1.165, 1.54) is 4.90 Å². The third-order valence-corrected chi connectivity index (χ3v) is 4.77. The molecule has 1 aliphatic heterocycles. The fourth-order valence-corrected chi connectivity index (χ4v) is 3.39. The highest BCUT2D eigenvalue weighted by atomic mass is 16.5. The number of amides is 2. The number of fused-ring (bicyclic) bond motifs is 1. The molecule has 0 radical (unpaired) electrons. The van der Waals surface area contributed by atoms with Crippen LogP contribution in [0.25, 0.3) is 0 Å². The second-order valence-electron chi connectivity index (χ2n) is 6.05. The quantitative estimate of drug-likeness (QED) is 0.633. The fraction of sp³-hybridized carbons (Fsp3) is 0.444. The predicted molar refractivity (Wildman–Crippen MR) is 85.2 cm³/mol. The average Bonchev–Trinajstić information content (AvgIpc) is 2.81. The number of ether oxygens (including phenoxy) is 2. The van der Waals surface area contributed by atoms with Gasteiger partial charge in [-0.15, -0.1) is 0 Å². The molecule has 122 valence electrons. The van der Waals surface area contributed by atoms with Crippen molar-refractivity contribution in [3.63, 3.8) is 0 Å². The van der Waals surface area contributed by atoms with E-state index in [1.54, 1.807) is 14.2 Å². The number of likely N-dealkylation sites (tertiary alicyclic amines) is 1. The Morgan fingerprint density at radius 3 is 2.04 bits per heavy atom. The summed E-state index contributed by atoms with van der Waals surface area (Å²) in [5.74, 6) is 0.759. The van der Waals surface area contributed by atoms with Crippen LogP contribution in [0, 0.1) is 18.8 Å². The average molecular weight is 315 g/mol. The Hall–Kier alpha value is -2.30. The van der Waals surface area contributed by atoms with Crippen LogP contribution in [0.5, 0.6) is 11.5 Å². The van der Waals surface area contributed by atoms with Gasteiger partial charge in [0.1, 0.15) is 0 Å². The smallest absolute Gasteiger partial charge is 0.233 e. The van der Waals surface area contributed by atoms with Crippen LogP contribution < -0.4 is 9.47 Å². The van der Waals surface area contributed by atoms with Crippen LogP contribution in [0.3, 0.4) is 0 Å². The second kappa shape index (κ2) is 6.07. The van der Waals surface area contributed by atoms with Gasteiger partial charge in [0.05, 0.1) is 32.6 Å². The summed E-state index contributed by atoms with van der Waals surface area (Å²) in [6.07, 6.45) is 5.32. The van der Waals surface area contributed by atoms with Crippen molar-refractivity contribution in [1.29, 1.82) is 0 Å². The normalized spacial score (nSPS) is 23.2. The molecule has 1 heterocycles. The Bertz CT molecular complexity index is 654. The third kappa shape index (κ3) is 2.60. The van der Waals surface area contributed by atoms with E-state index in [9.17, 15) is 9.59 Å². The number of nitrogens with zero attached hydrogens (tertiary/aromatic N) is 1. The van der Waals surface area contributed by atoms with Crippen LogP contribution in [0.2, 0.25) is 0 Å². The van der Waals surface area contributed by atoms with Crippen molar-refractivity contribution < 1.29 is 19.1 Å². The number of methoxy groups -OCH3 is 2. The third-order valence-electron chi connectivity index (χ3n) is 4.77. The van der Waals surface area contributed by atoms with Crippen LogP contribution >= 0.6 is 0 Å².